The molecule has 94 valence electrons. The molecular formula is C12H13ClF3N. The number of hydrogen-bond acceptors (Lipinski definition) is 1. The molecule has 0 saturated heterocycles. The van der Waals surface area contributed by atoms with Crippen LogP contribution in [0.4, 0.5) is 13.2 Å². The maximum Gasteiger partial charge on any atom is 0.417 e. The van der Waals surface area contributed by atoms with Crippen LogP contribution in [0.2, 0.25) is 5.02 Å². The van der Waals surface area contributed by atoms with Crippen LogP contribution in [0.5, 0.6) is 0 Å². The molecular weight excluding hydrogens is 251 g/mol. The summed E-state index contributed by atoms with van der Waals surface area (Å²) in [4.78, 5) is 0. The van der Waals surface area contributed by atoms with Crippen LogP contribution in [-0.4, -0.2) is 6.54 Å². The Kier molecular flexibility index (Phi) is 3.12. The molecule has 2 N–H and O–H groups in total. The number of hydrogen-bond donors (Lipinski definition) is 1. The molecule has 0 amide bonds. The summed E-state index contributed by atoms with van der Waals surface area (Å²) >= 11 is 5.70. The van der Waals surface area contributed by atoms with Crippen LogP contribution in [0.1, 0.15) is 30.4 Å². The van der Waals surface area contributed by atoms with Gasteiger partial charge in [0, 0.05) is 0 Å². The fourth-order valence-electron chi connectivity index (χ4n) is 2.19. The quantitative estimate of drug-likeness (QED) is 0.883. The van der Waals surface area contributed by atoms with Crippen molar-refractivity contribution in [2.75, 3.05) is 6.54 Å². The Morgan fingerprint density at radius 2 is 1.94 bits per heavy atom. The van der Waals surface area contributed by atoms with Crippen molar-refractivity contribution in [2.24, 2.45) is 5.73 Å². The van der Waals surface area contributed by atoms with Crippen molar-refractivity contribution < 1.29 is 13.2 Å². The summed E-state index contributed by atoms with van der Waals surface area (Å²) < 4.78 is 37.6. The number of benzene rings is 1. The summed E-state index contributed by atoms with van der Waals surface area (Å²) in [6.07, 6.45) is -1.63. The highest BCUT2D eigenvalue weighted by Gasteiger charge is 2.44. The lowest BCUT2D eigenvalue weighted by Crippen LogP contribution is -2.14. The molecule has 0 atom stereocenters. The second-order valence-electron chi connectivity index (χ2n) is 4.51. The Morgan fingerprint density at radius 3 is 2.35 bits per heavy atom. The number of halogens is 4. The molecule has 0 aliphatic heterocycles. The Labute approximate surface area is 103 Å². The fourth-order valence-corrected chi connectivity index (χ4v) is 2.47. The van der Waals surface area contributed by atoms with E-state index >= 15 is 0 Å². The van der Waals surface area contributed by atoms with Crippen LogP contribution in [0, 0.1) is 0 Å². The molecule has 17 heavy (non-hydrogen) atoms. The summed E-state index contributed by atoms with van der Waals surface area (Å²) in [6, 6.07) is 4.03. The zero-order chi connectivity index (χ0) is 12.7. The Bertz CT molecular complexity index is 424. The highest BCUT2D eigenvalue weighted by atomic mass is 35.5. The van der Waals surface area contributed by atoms with Gasteiger partial charge in [-0.15, -0.1) is 0 Å². The molecule has 1 aliphatic rings. The van der Waals surface area contributed by atoms with E-state index in [0.29, 0.717) is 6.54 Å². The van der Waals surface area contributed by atoms with Gasteiger partial charge in [0.15, 0.2) is 0 Å². The van der Waals surface area contributed by atoms with E-state index in [1.165, 1.54) is 12.1 Å². The van der Waals surface area contributed by atoms with Crippen molar-refractivity contribution in [2.45, 2.75) is 30.9 Å². The molecule has 1 fully saturated rings. The van der Waals surface area contributed by atoms with Gasteiger partial charge in [0.1, 0.15) is 0 Å². The second-order valence-corrected chi connectivity index (χ2v) is 4.92. The molecule has 2 rings (SSSR count). The SMILES string of the molecule is NCCC1(c2ccc(C(F)(F)F)c(Cl)c2)CC1. The van der Waals surface area contributed by atoms with Gasteiger partial charge in [0.2, 0.25) is 0 Å². The predicted octanol–water partition coefficient (Wildman–Crippen LogP) is 3.74. The van der Waals surface area contributed by atoms with Crippen molar-refractivity contribution in [3.05, 3.63) is 34.3 Å². The third-order valence-electron chi connectivity index (χ3n) is 3.36. The minimum Gasteiger partial charge on any atom is -0.330 e. The highest BCUT2D eigenvalue weighted by Crippen LogP contribution is 2.51. The zero-order valence-corrected chi connectivity index (χ0v) is 9.91. The minimum atomic E-state index is -4.39. The average Bonchev–Trinajstić information content (AvgIpc) is 2.97. The van der Waals surface area contributed by atoms with E-state index in [1.807, 2.05) is 0 Å². The third kappa shape index (κ3) is 2.43. The topological polar surface area (TPSA) is 26.0 Å². The molecule has 0 spiro atoms. The first-order valence-electron chi connectivity index (χ1n) is 5.46. The van der Waals surface area contributed by atoms with Gasteiger partial charge in [-0.05, 0) is 48.9 Å². The van der Waals surface area contributed by atoms with Gasteiger partial charge in [-0.1, -0.05) is 17.7 Å². The van der Waals surface area contributed by atoms with Crippen LogP contribution < -0.4 is 5.73 Å². The van der Waals surface area contributed by atoms with Crippen molar-refractivity contribution in [3.8, 4) is 0 Å². The first-order chi connectivity index (χ1) is 7.89. The fraction of sp³-hybridized carbons (Fsp3) is 0.500. The molecule has 0 heterocycles. The van der Waals surface area contributed by atoms with E-state index in [1.54, 1.807) is 0 Å². The van der Waals surface area contributed by atoms with Gasteiger partial charge < -0.3 is 5.73 Å². The van der Waals surface area contributed by atoms with Crippen molar-refractivity contribution in [1.29, 1.82) is 0 Å². The minimum absolute atomic E-state index is 0.0253. The van der Waals surface area contributed by atoms with Crippen LogP contribution >= 0.6 is 11.6 Å². The lowest BCUT2D eigenvalue weighted by molar-refractivity contribution is -0.137. The normalized spacial score (nSPS) is 18.2. The lowest BCUT2D eigenvalue weighted by Gasteiger charge is -2.17. The maximum atomic E-state index is 12.5. The summed E-state index contributed by atoms with van der Waals surface area (Å²) in [6.45, 7) is 0.540. The predicted molar refractivity (Wildman–Crippen MR) is 61.0 cm³/mol. The smallest absolute Gasteiger partial charge is 0.330 e. The Morgan fingerprint density at radius 1 is 1.29 bits per heavy atom. The van der Waals surface area contributed by atoms with Crippen LogP contribution in [-0.2, 0) is 11.6 Å². The molecule has 1 saturated carbocycles. The average molecular weight is 264 g/mol. The Balaban J connectivity index is 2.32. The summed E-state index contributed by atoms with van der Waals surface area (Å²) in [5.41, 5.74) is 5.60. The van der Waals surface area contributed by atoms with E-state index in [2.05, 4.69) is 0 Å². The van der Waals surface area contributed by atoms with Crippen LogP contribution in [0.25, 0.3) is 0 Å². The first kappa shape index (κ1) is 12.7. The second kappa shape index (κ2) is 4.18. The summed E-state index contributed by atoms with van der Waals surface area (Å²) in [5.74, 6) is 0. The van der Waals surface area contributed by atoms with Crippen LogP contribution in [0.3, 0.4) is 0 Å². The standard InChI is InChI=1S/C12H13ClF3N/c13-10-7-8(11(3-4-11)5-6-17)1-2-9(10)12(14,15)16/h1-2,7H,3-6,17H2. The molecule has 1 aliphatic carbocycles. The van der Waals surface area contributed by atoms with Gasteiger partial charge in [0.25, 0.3) is 0 Å². The van der Waals surface area contributed by atoms with E-state index in [-0.39, 0.29) is 10.4 Å². The van der Waals surface area contributed by atoms with Crippen molar-refractivity contribution >= 4 is 11.6 Å². The molecule has 1 aromatic rings. The number of nitrogens with two attached hydrogens (primary N) is 1. The van der Waals surface area contributed by atoms with Gasteiger partial charge in [-0.2, -0.15) is 13.2 Å². The zero-order valence-electron chi connectivity index (χ0n) is 9.15. The molecule has 1 nitrogen and oxygen atoms in total. The maximum absolute atomic E-state index is 12.5. The van der Waals surface area contributed by atoms with Gasteiger partial charge >= 0.3 is 6.18 Å². The summed E-state index contributed by atoms with van der Waals surface area (Å²) in [7, 11) is 0. The molecule has 0 radical (unpaired) electrons. The van der Waals surface area contributed by atoms with E-state index in [0.717, 1.165) is 30.9 Å². The molecule has 0 aromatic heterocycles. The van der Waals surface area contributed by atoms with Gasteiger partial charge in [-0.3, -0.25) is 0 Å². The molecule has 1 aromatic carbocycles. The molecule has 0 unspecified atom stereocenters. The van der Waals surface area contributed by atoms with Crippen molar-refractivity contribution in [3.63, 3.8) is 0 Å². The summed E-state index contributed by atoms with van der Waals surface area (Å²) in [5, 5.41) is -0.224. The first-order valence-corrected chi connectivity index (χ1v) is 5.84. The van der Waals surface area contributed by atoms with Crippen molar-refractivity contribution in [1.82, 2.24) is 0 Å². The third-order valence-corrected chi connectivity index (χ3v) is 3.68. The van der Waals surface area contributed by atoms with Gasteiger partial charge in [0.05, 0.1) is 10.6 Å². The lowest BCUT2D eigenvalue weighted by atomic mass is 9.91. The monoisotopic (exact) mass is 263 g/mol. The number of rotatable bonds is 3. The van der Waals surface area contributed by atoms with E-state index in [9.17, 15) is 13.2 Å². The van der Waals surface area contributed by atoms with E-state index in [4.69, 9.17) is 17.3 Å². The largest absolute Gasteiger partial charge is 0.417 e. The molecule has 5 heteroatoms. The van der Waals surface area contributed by atoms with Crippen LogP contribution in [0.15, 0.2) is 18.2 Å². The van der Waals surface area contributed by atoms with E-state index < -0.39 is 11.7 Å². The Hall–Kier alpha value is -0.740. The van der Waals surface area contributed by atoms with Gasteiger partial charge in [-0.25, -0.2) is 0 Å². The molecule has 0 bridgehead atoms. The number of alkyl halides is 3. The highest BCUT2D eigenvalue weighted by molar-refractivity contribution is 6.31.